The SMILES string of the molecule is CCc1cccc(CC)c1S(=O)(=O)Nc1cc(C)cc(CF)c1. The molecule has 0 spiro atoms. The Morgan fingerprint density at radius 2 is 1.65 bits per heavy atom. The van der Waals surface area contributed by atoms with Gasteiger partial charge in [-0.25, -0.2) is 12.8 Å². The van der Waals surface area contributed by atoms with Gasteiger partial charge >= 0.3 is 0 Å². The van der Waals surface area contributed by atoms with Crippen LogP contribution in [0.4, 0.5) is 10.1 Å². The molecular weight excluding hydrogens is 313 g/mol. The van der Waals surface area contributed by atoms with Crippen molar-refractivity contribution < 1.29 is 12.8 Å². The quantitative estimate of drug-likeness (QED) is 0.851. The zero-order valence-corrected chi connectivity index (χ0v) is 14.5. The summed E-state index contributed by atoms with van der Waals surface area (Å²) in [5.41, 5.74) is 3.25. The monoisotopic (exact) mass is 335 g/mol. The lowest BCUT2D eigenvalue weighted by molar-refractivity contribution is 0.485. The van der Waals surface area contributed by atoms with Crippen LogP contribution >= 0.6 is 0 Å². The number of halogens is 1. The Bertz CT molecular complexity index is 778. The molecule has 5 heteroatoms. The van der Waals surface area contributed by atoms with Crippen LogP contribution in [0.3, 0.4) is 0 Å². The summed E-state index contributed by atoms with van der Waals surface area (Å²) in [5, 5.41) is 0. The summed E-state index contributed by atoms with van der Waals surface area (Å²) in [6, 6.07) is 10.5. The topological polar surface area (TPSA) is 46.2 Å². The average molecular weight is 335 g/mol. The molecule has 0 atom stereocenters. The molecule has 0 fully saturated rings. The first-order valence-electron chi connectivity index (χ1n) is 7.71. The maximum atomic E-state index is 12.9. The Balaban J connectivity index is 2.50. The molecule has 124 valence electrons. The first-order chi connectivity index (χ1) is 10.9. The molecule has 2 aromatic rings. The van der Waals surface area contributed by atoms with Gasteiger partial charge in [0.2, 0.25) is 0 Å². The largest absolute Gasteiger partial charge is 0.280 e. The van der Waals surface area contributed by atoms with Crippen LogP contribution in [0.25, 0.3) is 0 Å². The van der Waals surface area contributed by atoms with E-state index in [0.29, 0.717) is 29.0 Å². The third kappa shape index (κ3) is 3.91. The Labute approximate surface area is 137 Å². The summed E-state index contributed by atoms with van der Waals surface area (Å²) >= 11 is 0. The molecule has 23 heavy (non-hydrogen) atoms. The van der Waals surface area contributed by atoms with Crippen LogP contribution < -0.4 is 4.72 Å². The number of sulfonamides is 1. The van der Waals surface area contributed by atoms with Gasteiger partial charge in [-0.05, 0) is 54.2 Å². The molecule has 0 aliphatic heterocycles. The van der Waals surface area contributed by atoms with E-state index in [1.54, 1.807) is 12.1 Å². The first-order valence-corrected chi connectivity index (χ1v) is 9.19. The van der Waals surface area contributed by atoms with E-state index in [9.17, 15) is 12.8 Å². The predicted octanol–water partition coefficient (Wildman–Crippen LogP) is 4.39. The number of aryl methyl sites for hydroxylation is 3. The molecule has 2 rings (SSSR count). The zero-order chi connectivity index (χ0) is 17.0. The van der Waals surface area contributed by atoms with E-state index < -0.39 is 16.7 Å². The molecule has 0 radical (unpaired) electrons. The minimum absolute atomic E-state index is 0.341. The first kappa shape index (κ1) is 17.5. The number of anilines is 1. The molecule has 0 saturated carbocycles. The van der Waals surface area contributed by atoms with E-state index in [4.69, 9.17) is 0 Å². The molecule has 3 nitrogen and oxygen atoms in total. The van der Waals surface area contributed by atoms with Crippen LogP contribution in [0.5, 0.6) is 0 Å². The Morgan fingerprint density at radius 3 is 2.17 bits per heavy atom. The van der Waals surface area contributed by atoms with Crippen molar-refractivity contribution in [3.63, 3.8) is 0 Å². The highest BCUT2D eigenvalue weighted by Crippen LogP contribution is 2.26. The maximum absolute atomic E-state index is 12.9. The second-order valence-corrected chi connectivity index (χ2v) is 7.18. The third-order valence-corrected chi connectivity index (χ3v) is 5.32. The van der Waals surface area contributed by atoms with Gasteiger partial charge in [0.1, 0.15) is 6.67 Å². The lowest BCUT2D eigenvalue weighted by Gasteiger charge is -2.16. The van der Waals surface area contributed by atoms with Crippen molar-refractivity contribution in [1.82, 2.24) is 0 Å². The number of rotatable bonds is 6. The molecule has 2 aromatic carbocycles. The van der Waals surface area contributed by atoms with Crippen molar-refractivity contribution >= 4 is 15.7 Å². The maximum Gasteiger partial charge on any atom is 0.262 e. The van der Waals surface area contributed by atoms with E-state index in [1.807, 2.05) is 39.0 Å². The molecular formula is C18H22FNO2S. The smallest absolute Gasteiger partial charge is 0.262 e. The van der Waals surface area contributed by atoms with Gasteiger partial charge in [0, 0.05) is 5.69 Å². The van der Waals surface area contributed by atoms with Gasteiger partial charge in [0.15, 0.2) is 0 Å². The van der Waals surface area contributed by atoms with Gasteiger partial charge in [-0.2, -0.15) is 0 Å². The van der Waals surface area contributed by atoms with Crippen molar-refractivity contribution in [3.8, 4) is 0 Å². The van der Waals surface area contributed by atoms with Gasteiger partial charge in [0.25, 0.3) is 10.0 Å². The highest BCUT2D eigenvalue weighted by molar-refractivity contribution is 7.92. The average Bonchev–Trinajstić information content (AvgIpc) is 2.52. The fourth-order valence-corrected chi connectivity index (χ4v) is 4.39. The van der Waals surface area contributed by atoms with Crippen LogP contribution in [0, 0.1) is 6.92 Å². The fraction of sp³-hybridized carbons (Fsp3) is 0.333. The van der Waals surface area contributed by atoms with Gasteiger partial charge in [-0.15, -0.1) is 0 Å². The second-order valence-electron chi connectivity index (χ2n) is 5.56. The zero-order valence-electron chi connectivity index (χ0n) is 13.7. The van der Waals surface area contributed by atoms with E-state index in [1.165, 1.54) is 6.07 Å². The van der Waals surface area contributed by atoms with Crippen molar-refractivity contribution in [3.05, 3.63) is 58.7 Å². The third-order valence-electron chi connectivity index (χ3n) is 3.75. The normalized spacial score (nSPS) is 11.5. The van der Waals surface area contributed by atoms with Gasteiger partial charge in [0.05, 0.1) is 4.90 Å². The molecule has 0 aliphatic carbocycles. The molecule has 0 amide bonds. The Kier molecular flexibility index (Phi) is 5.42. The van der Waals surface area contributed by atoms with Crippen molar-refractivity contribution in [1.29, 1.82) is 0 Å². The van der Waals surface area contributed by atoms with Crippen LogP contribution in [0.2, 0.25) is 0 Å². The summed E-state index contributed by atoms with van der Waals surface area (Å²) in [7, 11) is -3.71. The molecule has 1 N–H and O–H groups in total. The van der Waals surface area contributed by atoms with Crippen LogP contribution in [0.1, 0.15) is 36.1 Å². The van der Waals surface area contributed by atoms with Gasteiger partial charge in [-0.3, -0.25) is 4.72 Å². The summed E-state index contributed by atoms with van der Waals surface area (Å²) in [4.78, 5) is 0.341. The molecule has 0 aliphatic rings. The number of benzene rings is 2. The number of hydrogen-bond acceptors (Lipinski definition) is 2. The van der Waals surface area contributed by atoms with Crippen LogP contribution in [-0.4, -0.2) is 8.42 Å². The van der Waals surface area contributed by atoms with Crippen molar-refractivity contribution in [2.24, 2.45) is 0 Å². The molecule has 0 heterocycles. The molecule has 0 aromatic heterocycles. The highest BCUT2D eigenvalue weighted by Gasteiger charge is 2.21. The van der Waals surface area contributed by atoms with Gasteiger partial charge < -0.3 is 0 Å². The lowest BCUT2D eigenvalue weighted by Crippen LogP contribution is -2.17. The van der Waals surface area contributed by atoms with Crippen LogP contribution in [-0.2, 0) is 29.5 Å². The van der Waals surface area contributed by atoms with E-state index >= 15 is 0 Å². The molecule has 0 saturated heterocycles. The highest BCUT2D eigenvalue weighted by atomic mass is 32.2. The van der Waals surface area contributed by atoms with Crippen molar-refractivity contribution in [2.75, 3.05) is 4.72 Å². The lowest BCUT2D eigenvalue weighted by atomic mass is 10.1. The standard InChI is InChI=1S/C18H22FNO2S/c1-4-15-7-6-8-16(5-2)18(15)23(21,22)20-17-10-13(3)9-14(11-17)12-19/h6-11,20H,4-5,12H2,1-3H3. The number of hydrogen-bond donors (Lipinski definition) is 1. The molecule has 0 bridgehead atoms. The second kappa shape index (κ2) is 7.13. The summed E-state index contributed by atoms with van der Waals surface area (Å²) in [6.45, 7) is 5.06. The fourth-order valence-electron chi connectivity index (χ4n) is 2.74. The number of nitrogens with one attached hydrogen (secondary N) is 1. The van der Waals surface area contributed by atoms with E-state index in [-0.39, 0.29) is 0 Å². The van der Waals surface area contributed by atoms with Crippen LogP contribution in [0.15, 0.2) is 41.3 Å². The number of alkyl halides is 1. The Morgan fingerprint density at radius 1 is 1.04 bits per heavy atom. The van der Waals surface area contributed by atoms with E-state index in [0.717, 1.165) is 16.7 Å². The Hall–Kier alpha value is -1.88. The summed E-state index contributed by atoms with van der Waals surface area (Å²) in [5.74, 6) is 0. The summed E-state index contributed by atoms with van der Waals surface area (Å²) in [6.07, 6.45) is 1.27. The predicted molar refractivity (Wildman–Crippen MR) is 92.0 cm³/mol. The molecule has 0 unspecified atom stereocenters. The minimum Gasteiger partial charge on any atom is -0.280 e. The van der Waals surface area contributed by atoms with E-state index in [2.05, 4.69) is 4.72 Å². The van der Waals surface area contributed by atoms with Crippen molar-refractivity contribution in [2.45, 2.75) is 45.2 Å². The van der Waals surface area contributed by atoms with Gasteiger partial charge in [-0.1, -0.05) is 38.1 Å². The summed E-state index contributed by atoms with van der Waals surface area (Å²) < 4.78 is 41.2. The minimum atomic E-state index is -3.71.